The second kappa shape index (κ2) is 13.3. The number of aromatic nitrogens is 6. The van der Waals surface area contributed by atoms with Crippen molar-refractivity contribution in [2.24, 2.45) is 0 Å². The summed E-state index contributed by atoms with van der Waals surface area (Å²) in [4.78, 5) is 27.4. The van der Waals surface area contributed by atoms with Crippen LogP contribution in [-0.4, -0.2) is 29.9 Å². The molecule has 0 aliphatic heterocycles. The molecular formula is C48H30N6. The van der Waals surface area contributed by atoms with Crippen molar-refractivity contribution in [2.45, 2.75) is 0 Å². The average Bonchev–Trinajstić information content (AvgIpc) is 3.27. The van der Waals surface area contributed by atoms with Gasteiger partial charge in [0, 0.05) is 83.0 Å². The van der Waals surface area contributed by atoms with E-state index in [-0.39, 0.29) is 0 Å². The summed E-state index contributed by atoms with van der Waals surface area (Å²) >= 11 is 0. The van der Waals surface area contributed by atoms with E-state index in [4.69, 9.17) is 9.97 Å². The Morgan fingerprint density at radius 1 is 0.241 bits per heavy atom. The topological polar surface area (TPSA) is 77.3 Å². The van der Waals surface area contributed by atoms with Crippen LogP contribution in [0.2, 0.25) is 0 Å². The maximum atomic E-state index is 4.83. The molecule has 0 spiro atoms. The van der Waals surface area contributed by atoms with Gasteiger partial charge >= 0.3 is 0 Å². The van der Waals surface area contributed by atoms with Crippen molar-refractivity contribution in [3.05, 3.63) is 183 Å². The molecule has 0 saturated heterocycles. The van der Waals surface area contributed by atoms with Gasteiger partial charge in [-0.25, -0.2) is 0 Å². The van der Waals surface area contributed by atoms with Crippen molar-refractivity contribution < 1.29 is 0 Å². The molecule has 10 rings (SSSR count). The zero-order valence-electron chi connectivity index (χ0n) is 29.0. The summed E-state index contributed by atoms with van der Waals surface area (Å²) in [5.41, 5.74) is 11.9. The van der Waals surface area contributed by atoms with E-state index in [1.165, 1.54) is 32.3 Å². The first kappa shape index (κ1) is 31.3. The number of benzene rings is 4. The maximum absolute atomic E-state index is 4.83. The number of rotatable bonds is 6. The molecule has 0 unspecified atom stereocenters. The van der Waals surface area contributed by atoms with Crippen molar-refractivity contribution in [3.8, 4) is 67.3 Å². The minimum absolute atomic E-state index is 0.884. The zero-order chi connectivity index (χ0) is 35.8. The van der Waals surface area contributed by atoms with E-state index in [9.17, 15) is 0 Å². The fourth-order valence-corrected chi connectivity index (χ4v) is 7.25. The maximum Gasteiger partial charge on any atom is 0.0717 e. The minimum atomic E-state index is 0.884. The van der Waals surface area contributed by atoms with Crippen molar-refractivity contribution in [2.75, 3.05) is 0 Å². The van der Waals surface area contributed by atoms with E-state index >= 15 is 0 Å². The third-order valence-electron chi connectivity index (χ3n) is 10.1. The molecule has 0 aliphatic carbocycles. The molecule has 4 aromatic carbocycles. The number of nitrogens with zero attached hydrogens (tertiary/aromatic N) is 6. The van der Waals surface area contributed by atoms with Gasteiger partial charge in [0.15, 0.2) is 0 Å². The fraction of sp³-hybridized carbons (Fsp3) is 0. The summed E-state index contributed by atoms with van der Waals surface area (Å²) in [7, 11) is 0. The molecule has 10 aromatic rings. The van der Waals surface area contributed by atoms with Crippen LogP contribution in [0.1, 0.15) is 0 Å². The van der Waals surface area contributed by atoms with Gasteiger partial charge in [-0.1, -0.05) is 60.7 Å². The van der Waals surface area contributed by atoms with E-state index < -0.39 is 0 Å². The van der Waals surface area contributed by atoms with Crippen molar-refractivity contribution in [1.82, 2.24) is 29.9 Å². The molecule has 0 fully saturated rings. The predicted octanol–water partition coefficient (Wildman–Crippen LogP) is 11.5. The van der Waals surface area contributed by atoms with Crippen LogP contribution in [-0.2, 0) is 0 Å². The molecule has 252 valence electrons. The lowest BCUT2D eigenvalue weighted by atomic mass is 9.90. The van der Waals surface area contributed by atoms with E-state index in [1.54, 1.807) is 12.4 Å². The Morgan fingerprint density at radius 2 is 0.593 bits per heavy atom. The highest BCUT2D eigenvalue weighted by molar-refractivity contribution is 6.26. The van der Waals surface area contributed by atoms with E-state index in [2.05, 4.69) is 117 Å². The summed E-state index contributed by atoms with van der Waals surface area (Å²) in [5, 5.41) is 7.32. The molecule has 6 nitrogen and oxygen atoms in total. The summed E-state index contributed by atoms with van der Waals surface area (Å²) in [6.07, 6.45) is 14.8. The SMILES string of the molecule is c1cncc(-c2ccc(-c3ccc(-c4ccc5c6ccc(-c7ccc(-c8ccc(-c9cccnc9)nc8)nc7)cc6c6ccccc6c5c4)cn3)cn2)c1. The molecule has 0 amide bonds. The normalized spacial score (nSPS) is 11.3. The fourth-order valence-electron chi connectivity index (χ4n) is 7.25. The van der Waals surface area contributed by atoms with Gasteiger partial charge in [0.05, 0.1) is 22.8 Å². The Morgan fingerprint density at radius 3 is 0.944 bits per heavy atom. The molecule has 6 heterocycles. The van der Waals surface area contributed by atoms with Crippen LogP contribution in [0, 0.1) is 0 Å². The zero-order valence-corrected chi connectivity index (χ0v) is 29.0. The number of pyridine rings is 6. The summed E-state index contributed by atoms with van der Waals surface area (Å²) in [6.45, 7) is 0. The van der Waals surface area contributed by atoms with Gasteiger partial charge in [0.1, 0.15) is 0 Å². The van der Waals surface area contributed by atoms with Gasteiger partial charge in [-0.2, -0.15) is 0 Å². The second-order valence-corrected chi connectivity index (χ2v) is 13.3. The largest absolute Gasteiger partial charge is 0.264 e. The molecule has 0 saturated carbocycles. The van der Waals surface area contributed by atoms with Crippen LogP contribution in [0.5, 0.6) is 0 Å². The minimum Gasteiger partial charge on any atom is -0.264 e. The number of fused-ring (bicyclic) bond motifs is 6. The van der Waals surface area contributed by atoms with Crippen LogP contribution >= 0.6 is 0 Å². The Balaban J connectivity index is 0.953. The number of hydrogen-bond donors (Lipinski definition) is 0. The molecule has 0 bridgehead atoms. The Kier molecular flexibility index (Phi) is 7.69. The second-order valence-electron chi connectivity index (χ2n) is 13.3. The van der Waals surface area contributed by atoms with Crippen LogP contribution in [0.3, 0.4) is 0 Å². The molecule has 0 radical (unpaired) electrons. The van der Waals surface area contributed by atoms with E-state index in [1.807, 2.05) is 73.6 Å². The first-order chi connectivity index (χ1) is 26.7. The highest BCUT2D eigenvalue weighted by atomic mass is 14.7. The summed E-state index contributed by atoms with van der Waals surface area (Å²) in [5.74, 6) is 0. The van der Waals surface area contributed by atoms with Crippen LogP contribution in [0.25, 0.3) is 99.6 Å². The van der Waals surface area contributed by atoms with Crippen LogP contribution < -0.4 is 0 Å². The first-order valence-electron chi connectivity index (χ1n) is 17.8. The van der Waals surface area contributed by atoms with E-state index in [0.717, 1.165) is 67.3 Å². The molecule has 6 heteroatoms. The Hall–Kier alpha value is -7.44. The van der Waals surface area contributed by atoms with Crippen molar-refractivity contribution in [1.29, 1.82) is 0 Å². The van der Waals surface area contributed by atoms with Crippen LogP contribution in [0.15, 0.2) is 183 Å². The van der Waals surface area contributed by atoms with Gasteiger partial charge in [-0.15, -0.1) is 0 Å². The summed E-state index contributed by atoms with van der Waals surface area (Å²) < 4.78 is 0. The van der Waals surface area contributed by atoms with Gasteiger partial charge < -0.3 is 0 Å². The van der Waals surface area contributed by atoms with Gasteiger partial charge in [-0.3, -0.25) is 29.9 Å². The third kappa shape index (κ3) is 5.72. The molecule has 0 atom stereocenters. The summed E-state index contributed by atoms with van der Waals surface area (Å²) in [6, 6.07) is 46.6. The monoisotopic (exact) mass is 690 g/mol. The first-order valence-corrected chi connectivity index (χ1v) is 17.8. The predicted molar refractivity (Wildman–Crippen MR) is 218 cm³/mol. The van der Waals surface area contributed by atoms with Gasteiger partial charge in [-0.05, 0) is 116 Å². The molecule has 54 heavy (non-hydrogen) atoms. The Bertz CT molecular complexity index is 2700. The van der Waals surface area contributed by atoms with Crippen molar-refractivity contribution >= 4 is 32.3 Å². The van der Waals surface area contributed by atoms with E-state index in [0.29, 0.717) is 0 Å². The molecule has 0 N–H and O–H groups in total. The van der Waals surface area contributed by atoms with Crippen LogP contribution in [0.4, 0.5) is 0 Å². The standard InChI is InChI=1S/C48H30N6/c1-2-8-40-39(7-1)43-23-31(33-11-17-47(51-27-33)37-13-19-45(53-29-37)35-5-3-21-49-25-35)9-15-41(43)42-16-10-32(24-44(40)42)34-12-18-48(52-28-34)38-14-20-46(54-30-38)36-6-4-22-50-26-36/h1-30H. The Labute approximate surface area is 311 Å². The average molecular weight is 691 g/mol. The lowest BCUT2D eigenvalue weighted by molar-refractivity contribution is 1.26. The smallest absolute Gasteiger partial charge is 0.0717 e. The highest BCUT2D eigenvalue weighted by Gasteiger charge is 2.13. The molecule has 6 aromatic heterocycles. The lowest BCUT2D eigenvalue weighted by Gasteiger charge is -2.14. The number of hydrogen-bond acceptors (Lipinski definition) is 6. The highest BCUT2D eigenvalue weighted by Crippen LogP contribution is 2.39. The quantitative estimate of drug-likeness (QED) is 0.162. The van der Waals surface area contributed by atoms with Crippen molar-refractivity contribution in [3.63, 3.8) is 0 Å². The van der Waals surface area contributed by atoms with Gasteiger partial charge in [0.2, 0.25) is 0 Å². The molecule has 0 aliphatic rings. The third-order valence-corrected chi connectivity index (χ3v) is 10.1. The lowest BCUT2D eigenvalue weighted by Crippen LogP contribution is -1.90. The van der Waals surface area contributed by atoms with Gasteiger partial charge in [0.25, 0.3) is 0 Å². The molecular weight excluding hydrogens is 661 g/mol.